The molecule has 29 heavy (non-hydrogen) atoms. The van der Waals surface area contributed by atoms with E-state index in [2.05, 4.69) is 10.1 Å². The zero-order valence-corrected chi connectivity index (χ0v) is 16.7. The number of unbranched alkanes of at least 4 members (excludes halogenated alkanes) is 1. The van der Waals surface area contributed by atoms with Crippen LogP contribution < -0.4 is 27.4 Å². The van der Waals surface area contributed by atoms with Gasteiger partial charge < -0.3 is 5.73 Å². The van der Waals surface area contributed by atoms with Crippen LogP contribution in [0.4, 0.5) is 11.5 Å². The van der Waals surface area contributed by atoms with Gasteiger partial charge >= 0.3 is 5.69 Å². The van der Waals surface area contributed by atoms with E-state index in [0.29, 0.717) is 25.8 Å². The number of nitrogen functional groups attached to an aromatic ring is 1. The minimum Gasteiger partial charge on any atom is -0.383 e. The summed E-state index contributed by atoms with van der Waals surface area (Å²) >= 11 is 0. The first-order valence-electron chi connectivity index (χ1n) is 9.85. The maximum Gasteiger partial charge on any atom is 0.330 e. The molecule has 3 rings (SSSR count). The highest BCUT2D eigenvalue weighted by Crippen LogP contribution is 2.30. The summed E-state index contributed by atoms with van der Waals surface area (Å²) in [5.41, 5.74) is 4.59. The Bertz CT molecular complexity index is 1080. The van der Waals surface area contributed by atoms with Crippen LogP contribution in [0.25, 0.3) is 0 Å². The number of carbonyl (C=O) groups is 1. The molecular weight excluding hydrogens is 376 g/mol. The van der Waals surface area contributed by atoms with Crippen LogP contribution in [-0.4, -0.2) is 31.3 Å². The van der Waals surface area contributed by atoms with E-state index in [0.717, 1.165) is 23.9 Å². The second kappa shape index (κ2) is 8.46. The number of aryl methyl sites for hydroxylation is 1. The van der Waals surface area contributed by atoms with Crippen molar-refractivity contribution < 1.29 is 4.79 Å². The van der Waals surface area contributed by atoms with Gasteiger partial charge in [0.05, 0.1) is 0 Å². The number of anilines is 2. The number of amides is 1. The van der Waals surface area contributed by atoms with Crippen molar-refractivity contribution in [2.45, 2.75) is 58.0 Å². The van der Waals surface area contributed by atoms with Crippen LogP contribution >= 0.6 is 0 Å². The Morgan fingerprint density at radius 3 is 2.59 bits per heavy atom. The summed E-state index contributed by atoms with van der Waals surface area (Å²) in [4.78, 5) is 53.6. The summed E-state index contributed by atoms with van der Waals surface area (Å²) in [5, 5.41) is 4.03. The number of nitrogens with two attached hydrogens (primary N) is 1. The van der Waals surface area contributed by atoms with Crippen molar-refractivity contribution >= 4 is 17.4 Å². The lowest BCUT2D eigenvalue weighted by molar-refractivity contribution is 0.0969. The van der Waals surface area contributed by atoms with Crippen molar-refractivity contribution in [3.63, 3.8) is 0 Å². The van der Waals surface area contributed by atoms with Gasteiger partial charge in [0.1, 0.15) is 11.5 Å². The van der Waals surface area contributed by atoms with Crippen LogP contribution in [0.15, 0.2) is 26.5 Å². The lowest BCUT2D eigenvalue weighted by atomic mass is 10.1. The summed E-state index contributed by atoms with van der Waals surface area (Å²) in [5.74, 6) is -0.553. The molecule has 2 aromatic rings. The van der Waals surface area contributed by atoms with Crippen LogP contribution in [0.1, 0.15) is 55.9 Å². The number of rotatable bonds is 6. The van der Waals surface area contributed by atoms with Gasteiger partial charge in [0.2, 0.25) is 0 Å². The summed E-state index contributed by atoms with van der Waals surface area (Å²) in [6.45, 7) is 2.32. The fourth-order valence-corrected chi connectivity index (χ4v) is 3.70. The van der Waals surface area contributed by atoms with Gasteiger partial charge in [-0.2, -0.15) is 5.10 Å². The highest BCUT2D eigenvalue weighted by atomic mass is 16.2. The van der Waals surface area contributed by atoms with E-state index < -0.39 is 17.2 Å². The van der Waals surface area contributed by atoms with Crippen LogP contribution in [0.5, 0.6) is 0 Å². The number of hydrogen-bond donors (Lipinski definition) is 2. The van der Waals surface area contributed by atoms with E-state index >= 15 is 0 Å². The van der Waals surface area contributed by atoms with E-state index in [9.17, 15) is 19.2 Å². The third-order valence-corrected chi connectivity index (χ3v) is 5.28. The smallest absolute Gasteiger partial charge is 0.330 e. The van der Waals surface area contributed by atoms with Gasteiger partial charge in [-0.15, -0.1) is 0 Å². The summed E-state index contributed by atoms with van der Waals surface area (Å²) in [7, 11) is 1.45. The van der Waals surface area contributed by atoms with Crippen molar-refractivity contribution in [3.05, 3.63) is 49.0 Å². The summed E-state index contributed by atoms with van der Waals surface area (Å²) in [6.07, 6.45) is 4.81. The van der Waals surface area contributed by atoms with Crippen molar-refractivity contribution in [1.82, 2.24) is 19.3 Å². The lowest BCUT2D eigenvalue weighted by Crippen LogP contribution is -2.46. The molecule has 1 amide bonds. The second-order valence-corrected chi connectivity index (χ2v) is 7.29. The van der Waals surface area contributed by atoms with E-state index in [-0.39, 0.29) is 28.8 Å². The van der Waals surface area contributed by atoms with E-state index in [1.165, 1.54) is 28.6 Å². The molecule has 10 nitrogen and oxygen atoms in total. The molecule has 1 saturated carbocycles. The first-order valence-corrected chi connectivity index (χ1v) is 9.85. The molecule has 0 bridgehead atoms. The van der Waals surface area contributed by atoms with Gasteiger partial charge in [-0.05, 0) is 25.3 Å². The van der Waals surface area contributed by atoms with Crippen molar-refractivity contribution in [2.24, 2.45) is 7.05 Å². The maximum atomic E-state index is 13.4. The normalized spacial score (nSPS) is 14.3. The number of nitrogens with one attached hydrogen (secondary N) is 1. The topological polar surface area (TPSA) is 136 Å². The van der Waals surface area contributed by atoms with Gasteiger partial charge in [0.15, 0.2) is 5.69 Å². The van der Waals surface area contributed by atoms with Crippen LogP contribution in [-0.2, 0) is 13.6 Å². The van der Waals surface area contributed by atoms with Crippen molar-refractivity contribution in [1.29, 1.82) is 0 Å². The molecule has 0 atom stereocenters. The third kappa shape index (κ3) is 4.01. The summed E-state index contributed by atoms with van der Waals surface area (Å²) in [6, 6.07) is 2.36. The van der Waals surface area contributed by atoms with Gasteiger partial charge in [-0.1, -0.05) is 26.2 Å². The third-order valence-electron chi connectivity index (χ3n) is 5.28. The SMILES string of the molecule is CCCCn1c(N)c(N(C(=O)c2ccc(=O)n(C)n2)C2CCCC2)c(=O)[nH]c1=O. The molecule has 0 aliphatic heterocycles. The molecule has 1 fully saturated rings. The molecule has 10 heteroatoms. The predicted octanol–water partition coefficient (Wildman–Crippen LogP) is 0.602. The molecule has 0 aromatic carbocycles. The second-order valence-electron chi connectivity index (χ2n) is 7.29. The number of carbonyl (C=O) groups excluding carboxylic acids is 1. The fourth-order valence-electron chi connectivity index (χ4n) is 3.70. The number of nitrogens with zero attached hydrogens (tertiary/aromatic N) is 4. The van der Waals surface area contributed by atoms with Crippen molar-refractivity contribution in [2.75, 3.05) is 10.6 Å². The van der Waals surface area contributed by atoms with Crippen LogP contribution in [0.2, 0.25) is 0 Å². The Morgan fingerprint density at radius 1 is 1.28 bits per heavy atom. The first-order chi connectivity index (χ1) is 13.8. The van der Waals surface area contributed by atoms with E-state index in [4.69, 9.17) is 5.73 Å². The molecule has 0 spiro atoms. The molecule has 2 heterocycles. The predicted molar refractivity (Wildman–Crippen MR) is 109 cm³/mol. The van der Waals surface area contributed by atoms with Gasteiger partial charge in [-0.25, -0.2) is 9.48 Å². The quantitative estimate of drug-likeness (QED) is 0.726. The highest BCUT2D eigenvalue weighted by molar-refractivity contribution is 6.06. The Hall–Kier alpha value is -3.17. The van der Waals surface area contributed by atoms with Crippen LogP contribution in [0.3, 0.4) is 0 Å². The molecule has 0 unspecified atom stereocenters. The molecule has 0 radical (unpaired) electrons. The van der Waals surface area contributed by atoms with E-state index in [1.54, 1.807) is 0 Å². The zero-order valence-electron chi connectivity index (χ0n) is 16.7. The molecule has 156 valence electrons. The average molecular weight is 402 g/mol. The number of hydrogen-bond acceptors (Lipinski definition) is 6. The lowest BCUT2D eigenvalue weighted by Gasteiger charge is -2.29. The van der Waals surface area contributed by atoms with E-state index in [1.807, 2.05) is 6.92 Å². The minimum absolute atomic E-state index is 0.0303. The number of H-pyrrole nitrogens is 1. The standard InChI is InChI=1S/C19H26N6O4/c1-3-4-11-24-16(20)15(17(27)21-19(24)29)25(12-7-5-6-8-12)18(28)13-9-10-14(26)23(2)22-13/h9-10,12H,3-8,11,20H2,1-2H3,(H,21,27,29). The fraction of sp³-hybridized carbons (Fsp3) is 0.526. The summed E-state index contributed by atoms with van der Waals surface area (Å²) < 4.78 is 2.36. The Labute approximate surface area is 167 Å². The monoisotopic (exact) mass is 402 g/mol. The van der Waals surface area contributed by atoms with Gasteiger partial charge in [-0.3, -0.25) is 28.8 Å². The molecular formula is C19H26N6O4. The Balaban J connectivity index is 2.16. The largest absolute Gasteiger partial charge is 0.383 e. The Morgan fingerprint density at radius 2 is 1.97 bits per heavy atom. The highest BCUT2D eigenvalue weighted by Gasteiger charge is 2.34. The van der Waals surface area contributed by atoms with Gasteiger partial charge in [0, 0.05) is 25.7 Å². The maximum absolute atomic E-state index is 13.4. The van der Waals surface area contributed by atoms with Gasteiger partial charge in [0.25, 0.3) is 17.0 Å². The molecule has 1 aliphatic rings. The average Bonchev–Trinajstić information content (AvgIpc) is 3.20. The molecule has 3 N–H and O–H groups in total. The minimum atomic E-state index is -0.703. The number of aromatic amines is 1. The van der Waals surface area contributed by atoms with Crippen molar-refractivity contribution in [3.8, 4) is 0 Å². The van der Waals surface area contributed by atoms with Crippen LogP contribution in [0, 0.1) is 0 Å². The molecule has 2 aromatic heterocycles. The number of aromatic nitrogens is 4. The first kappa shape index (κ1) is 20.6. The molecule has 1 aliphatic carbocycles. The molecule has 0 saturated heterocycles. The Kier molecular flexibility index (Phi) is 6.00. The zero-order chi connectivity index (χ0) is 21.1.